The highest BCUT2D eigenvalue weighted by molar-refractivity contribution is 5.82. The van der Waals surface area contributed by atoms with Crippen molar-refractivity contribution in [3.63, 3.8) is 0 Å². The van der Waals surface area contributed by atoms with Crippen molar-refractivity contribution in [1.29, 1.82) is 0 Å². The van der Waals surface area contributed by atoms with Gasteiger partial charge in [-0.2, -0.15) is 0 Å². The average Bonchev–Trinajstić information content (AvgIpc) is 3.17. The third-order valence-corrected chi connectivity index (χ3v) is 3.95. The number of nitrogens with one attached hydrogen (secondary N) is 2. The molecule has 0 amide bonds. The molecule has 2 aromatic carbocycles. The summed E-state index contributed by atoms with van der Waals surface area (Å²) in [4.78, 5) is 7.83. The van der Waals surface area contributed by atoms with Crippen LogP contribution in [-0.2, 0) is 0 Å². The topological polar surface area (TPSA) is 68.4 Å². The van der Waals surface area contributed by atoms with E-state index in [1.807, 2.05) is 36.4 Å². The summed E-state index contributed by atoms with van der Waals surface area (Å²) in [6.45, 7) is 2.35. The highest BCUT2D eigenvalue weighted by Crippen LogP contribution is 2.35. The normalized spacial score (nSPS) is 14.0. The number of rotatable bonds is 4. The van der Waals surface area contributed by atoms with Crippen LogP contribution in [0.15, 0.2) is 36.4 Å². The van der Waals surface area contributed by atoms with Crippen molar-refractivity contribution < 1.29 is 14.2 Å². The molecule has 6 nitrogen and oxygen atoms in total. The number of anilines is 1. The Morgan fingerprint density at radius 3 is 2.65 bits per heavy atom. The van der Waals surface area contributed by atoms with Gasteiger partial charge in [-0.25, -0.2) is 4.98 Å². The number of nitrogens with zero attached hydrogens (tertiary/aromatic N) is 1. The maximum atomic E-state index is 5.39. The van der Waals surface area contributed by atoms with Crippen molar-refractivity contribution in [3.05, 3.63) is 42.0 Å². The van der Waals surface area contributed by atoms with Gasteiger partial charge in [0.15, 0.2) is 11.5 Å². The third kappa shape index (κ3) is 2.52. The Hall–Kier alpha value is -2.89. The fourth-order valence-electron chi connectivity index (χ4n) is 2.65. The molecular weight excluding hydrogens is 294 g/mol. The van der Waals surface area contributed by atoms with Gasteiger partial charge in [0.1, 0.15) is 5.75 Å². The van der Waals surface area contributed by atoms with Crippen molar-refractivity contribution in [3.8, 4) is 17.2 Å². The summed E-state index contributed by atoms with van der Waals surface area (Å²) < 4.78 is 15.9. The van der Waals surface area contributed by atoms with Crippen LogP contribution in [0.2, 0.25) is 0 Å². The quantitative estimate of drug-likeness (QED) is 0.772. The van der Waals surface area contributed by atoms with Crippen molar-refractivity contribution in [1.82, 2.24) is 9.97 Å². The second-order valence-corrected chi connectivity index (χ2v) is 5.45. The van der Waals surface area contributed by atoms with Gasteiger partial charge in [-0.3, -0.25) is 0 Å². The van der Waals surface area contributed by atoms with Gasteiger partial charge in [0.25, 0.3) is 0 Å². The summed E-state index contributed by atoms with van der Waals surface area (Å²) in [6.07, 6.45) is 0. The first-order valence-corrected chi connectivity index (χ1v) is 7.43. The predicted octanol–water partition coefficient (Wildman–Crippen LogP) is 3.47. The maximum absolute atomic E-state index is 5.39. The van der Waals surface area contributed by atoms with Crippen LogP contribution in [0.1, 0.15) is 18.5 Å². The molecule has 118 valence electrons. The third-order valence-electron chi connectivity index (χ3n) is 3.95. The minimum atomic E-state index is 0.112. The Morgan fingerprint density at radius 2 is 1.91 bits per heavy atom. The van der Waals surface area contributed by atoms with Crippen LogP contribution in [0.3, 0.4) is 0 Å². The van der Waals surface area contributed by atoms with E-state index >= 15 is 0 Å². The molecule has 0 fully saturated rings. The fourth-order valence-corrected chi connectivity index (χ4v) is 2.65. The molecule has 2 N–H and O–H groups in total. The smallest absolute Gasteiger partial charge is 0.231 e. The zero-order chi connectivity index (χ0) is 15.8. The number of hydrogen-bond acceptors (Lipinski definition) is 5. The van der Waals surface area contributed by atoms with Gasteiger partial charge in [-0.1, -0.05) is 12.1 Å². The number of aromatic amines is 1. The molecule has 1 aliphatic heterocycles. The number of methoxy groups -OCH3 is 1. The second kappa shape index (κ2) is 5.39. The molecule has 0 saturated heterocycles. The van der Waals surface area contributed by atoms with Gasteiger partial charge >= 0.3 is 0 Å². The Kier molecular flexibility index (Phi) is 3.22. The van der Waals surface area contributed by atoms with E-state index in [0.717, 1.165) is 33.8 Å². The van der Waals surface area contributed by atoms with E-state index in [-0.39, 0.29) is 12.8 Å². The van der Waals surface area contributed by atoms with Crippen LogP contribution in [-0.4, -0.2) is 23.9 Å². The van der Waals surface area contributed by atoms with Crippen LogP contribution in [0, 0.1) is 0 Å². The molecule has 6 heteroatoms. The van der Waals surface area contributed by atoms with Crippen molar-refractivity contribution in [2.24, 2.45) is 0 Å². The first kappa shape index (κ1) is 13.8. The van der Waals surface area contributed by atoms with Crippen LogP contribution >= 0.6 is 0 Å². The van der Waals surface area contributed by atoms with Gasteiger partial charge in [-0.05, 0) is 24.6 Å². The summed E-state index contributed by atoms with van der Waals surface area (Å²) in [6, 6.07) is 11.9. The minimum Gasteiger partial charge on any atom is -0.497 e. The van der Waals surface area contributed by atoms with E-state index in [9.17, 15) is 0 Å². The lowest BCUT2D eigenvalue weighted by Gasteiger charge is -2.13. The molecule has 1 atom stereocenters. The summed E-state index contributed by atoms with van der Waals surface area (Å²) in [5, 5.41) is 3.37. The first-order valence-electron chi connectivity index (χ1n) is 7.43. The lowest BCUT2D eigenvalue weighted by Crippen LogP contribution is -2.07. The van der Waals surface area contributed by atoms with E-state index < -0.39 is 0 Å². The zero-order valence-corrected chi connectivity index (χ0v) is 12.9. The second-order valence-electron chi connectivity index (χ2n) is 5.45. The summed E-state index contributed by atoms with van der Waals surface area (Å²) in [7, 11) is 1.66. The summed E-state index contributed by atoms with van der Waals surface area (Å²) in [5.41, 5.74) is 2.91. The summed E-state index contributed by atoms with van der Waals surface area (Å²) >= 11 is 0. The monoisotopic (exact) mass is 311 g/mol. The van der Waals surface area contributed by atoms with Crippen molar-refractivity contribution >= 4 is 17.0 Å². The number of imidazole rings is 1. The SMILES string of the molecule is COc1ccc(C(C)Nc2nc3cc4c(cc3[nH]2)OCO4)cc1. The molecule has 23 heavy (non-hydrogen) atoms. The molecular formula is C17H17N3O3. The van der Waals surface area contributed by atoms with Gasteiger partial charge in [0.2, 0.25) is 12.7 Å². The standard InChI is InChI=1S/C17H17N3O3/c1-10(11-3-5-12(21-2)6-4-11)18-17-19-13-7-15-16(23-9-22-15)8-14(13)20-17/h3-8,10H,9H2,1-2H3,(H2,18,19,20). The molecule has 0 saturated carbocycles. The van der Waals surface area contributed by atoms with E-state index in [1.165, 1.54) is 0 Å². The summed E-state index contributed by atoms with van der Waals surface area (Å²) in [5.74, 6) is 3.04. The molecule has 1 aliphatic rings. The number of fused-ring (bicyclic) bond motifs is 2. The van der Waals surface area contributed by atoms with E-state index in [1.54, 1.807) is 7.11 Å². The fraction of sp³-hybridized carbons (Fsp3) is 0.235. The first-order chi connectivity index (χ1) is 11.2. The Morgan fingerprint density at radius 1 is 1.17 bits per heavy atom. The Balaban J connectivity index is 1.56. The molecule has 4 rings (SSSR count). The van der Waals surface area contributed by atoms with E-state index in [0.29, 0.717) is 5.95 Å². The Labute approximate surface area is 133 Å². The van der Waals surface area contributed by atoms with Gasteiger partial charge in [0, 0.05) is 12.1 Å². The molecule has 3 aromatic rings. The van der Waals surface area contributed by atoms with E-state index in [2.05, 4.69) is 22.2 Å². The average molecular weight is 311 g/mol. The number of benzene rings is 2. The molecule has 2 heterocycles. The molecule has 0 bridgehead atoms. The van der Waals surface area contributed by atoms with Crippen LogP contribution < -0.4 is 19.5 Å². The highest BCUT2D eigenvalue weighted by atomic mass is 16.7. The molecule has 0 aliphatic carbocycles. The molecule has 0 radical (unpaired) electrons. The van der Waals surface area contributed by atoms with Crippen LogP contribution in [0.25, 0.3) is 11.0 Å². The van der Waals surface area contributed by atoms with Crippen LogP contribution in [0.4, 0.5) is 5.95 Å². The maximum Gasteiger partial charge on any atom is 0.231 e. The van der Waals surface area contributed by atoms with Gasteiger partial charge in [0.05, 0.1) is 24.2 Å². The largest absolute Gasteiger partial charge is 0.497 e. The number of aromatic nitrogens is 2. The van der Waals surface area contributed by atoms with E-state index in [4.69, 9.17) is 14.2 Å². The van der Waals surface area contributed by atoms with Gasteiger partial charge in [-0.15, -0.1) is 0 Å². The van der Waals surface area contributed by atoms with Crippen molar-refractivity contribution in [2.45, 2.75) is 13.0 Å². The molecule has 1 aromatic heterocycles. The van der Waals surface area contributed by atoms with Gasteiger partial charge < -0.3 is 24.5 Å². The lowest BCUT2D eigenvalue weighted by molar-refractivity contribution is 0.174. The van der Waals surface area contributed by atoms with Crippen molar-refractivity contribution in [2.75, 3.05) is 19.2 Å². The molecule has 1 unspecified atom stereocenters. The Bertz CT molecular complexity index is 801. The number of hydrogen-bond donors (Lipinski definition) is 2. The molecule has 0 spiro atoms. The minimum absolute atomic E-state index is 0.112. The zero-order valence-electron chi connectivity index (χ0n) is 12.9. The van der Waals surface area contributed by atoms with Crippen LogP contribution in [0.5, 0.6) is 17.2 Å². The number of ether oxygens (including phenoxy) is 3. The predicted molar refractivity (Wildman–Crippen MR) is 87.2 cm³/mol. The lowest BCUT2D eigenvalue weighted by atomic mass is 10.1. The number of H-pyrrole nitrogens is 1. The highest BCUT2D eigenvalue weighted by Gasteiger charge is 2.16.